The number of urea groups is 1. The van der Waals surface area contributed by atoms with Crippen LogP contribution in [0.5, 0.6) is 0 Å². The van der Waals surface area contributed by atoms with Crippen LogP contribution in [0.4, 0.5) is 4.79 Å². The summed E-state index contributed by atoms with van der Waals surface area (Å²) in [5.74, 6) is 0. The van der Waals surface area contributed by atoms with E-state index in [9.17, 15) is 4.79 Å². The summed E-state index contributed by atoms with van der Waals surface area (Å²) < 4.78 is 5.38. The van der Waals surface area contributed by atoms with Gasteiger partial charge in [-0.2, -0.15) is 0 Å². The first-order valence-corrected chi connectivity index (χ1v) is 8.98. The molecule has 2 rings (SSSR count). The van der Waals surface area contributed by atoms with Crippen molar-refractivity contribution < 1.29 is 9.53 Å². The zero-order valence-corrected chi connectivity index (χ0v) is 14.3. The van der Waals surface area contributed by atoms with Gasteiger partial charge in [0.15, 0.2) is 0 Å². The Balaban J connectivity index is 1.70. The fourth-order valence-electron chi connectivity index (χ4n) is 2.99. The maximum absolute atomic E-state index is 12.0. The van der Waals surface area contributed by atoms with Crippen molar-refractivity contribution in [2.45, 2.75) is 71.1 Å². The summed E-state index contributed by atoms with van der Waals surface area (Å²) in [5.41, 5.74) is 2.27. The maximum atomic E-state index is 12.0. The van der Waals surface area contributed by atoms with Crippen molar-refractivity contribution >= 4 is 6.03 Å². The maximum Gasteiger partial charge on any atom is 0.315 e. The van der Waals surface area contributed by atoms with E-state index in [1.54, 1.807) is 0 Å². The lowest BCUT2D eigenvalue weighted by Crippen LogP contribution is -2.42. The topological polar surface area (TPSA) is 50.4 Å². The Morgan fingerprint density at radius 2 is 1.65 bits per heavy atom. The van der Waals surface area contributed by atoms with Crippen molar-refractivity contribution in [1.29, 1.82) is 0 Å². The fraction of sp³-hybridized carbons (Fsp3) is 0.632. The van der Waals surface area contributed by atoms with Crippen molar-refractivity contribution in [2.75, 3.05) is 6.61 Å². The van der Waals surface area contributed by atoms with Gasteiger partial charge >= 0.3 is 6.03 Å². The highest BCUT2D eigenvalue weighted by Gasteiger charge is 2.13. The predicted octanol–water partition coefficient (Wildman–Crippen LogP) is 4.14. The van der Waals surface area contributed by atoms with Gasteiger partial charge in [0.2, 0.25) is 0 Å². The Morgan fingerprint density at radius 1 is 1.04 bits per heavy atom. The van der Waals surface area contributed by atoms with Gasteiger partial charge in [-0.05, 0) is 30.9 Å². The Hall–Kier alpha value is -1.55. The molecule has 2 amide bonds. The number of rotatable bonds is 6. The molecule has 23 heavy (non-hydrogen) atoms. The quantitative estimate of drug-likeness (QED) is 0.828. The van der Waals surface area contributed by atoms with Gasteiger partial charge in [0.05, 0.1) is 6.61 Å². The number of carbonyl (C=O) groups excluding carboxylic acids is 1. The summed E-state index contributed by atoms with van der Waals surface area (Å²) in [6, 6.07) is 8.49. The van der Waals surface area contributed by atoms with Gasteiger partial charge in [-0.3, -0.25) is 0 Å². The highest BCUT2D eigenvalue weighted by atomic mass is 16.5. The van der Waals surface area contributed by atoms with Gasteiger partial charge in [0, 0.05) is 19.2 Å². The van der Waals surface area contributed by atoms with Crippen LogP contribution in [0.3, 0.4) is 0 Å². The number of amides is 2. The molecule has 1 aliphatic rings. The third-order valence-corrected chi connectivity index (χ3v) is 4.39. The van der Waals surface area contributed by atoms with Gasteiger partial charge in [-0.15, -0.1) is 0 Å². The van der Waals surface area contributed by atoms with Crippen LogP contribution < -0.4 is 10.6 Å². The van der Waals surface area contributed by atoms with E-state index in [4.69, 9.17) is 4.74 Å². The fourth-order valence-corrected chi connectivity index (χ4v) is 2.99. The van der Waals surface area contributed by atoms with Crippen LogP contribution in [0.15, 0.2) is 24.3 Å². The summed E-state index contributed by atoms with van der Waals surface area (Å²) in [4.78, 5) is 12.0. The van der Waals surface area contributed by atoms with E-state index in [1.165, 1.54) is 32.1 Å². The second-order valence-electron chi connectivity index (χ2n) is 6.32. The SMILES string of the molecule is CCOCc1ccc(CNC(=O)NC2CCCCCCC2)cc1. The first-order valence-electron chi connectivity index (χ1n) is 8.98. The largest absolute Gasteiger partial charge is 0.377 e. The lowest BCUT2D eigenvalue weighted by molar-refractivity contribution is 0.134. The smallest absolute Gasteiger partial charge is 0.315 e. The summed E-state index contributed by atoms with van der Waals surface area (Å²) in [6.07, 6.45) is 8.62. The molecule has 1 aromatic rings. The minimum absolute atomic E-state index is 0.0473. The monoisotopic (exact) mass is 318 g/mol. The normalized spacial score (nSPS) is 16.4. The standard InChI is InChI=1S/C19H30N2O2/c1-2-23-15-17-12-10-16(11-13-17)14-20-19(22)21-18-8-6-4-3-5-7-9-18/h10-13,18H,2-9,14-15H2,1H3,(H2,20,21,22). The molecule has 0 heterocycles. The molecule has 1 fully saturated rings. The average molecular weight is 318 g/mol. The van der Waals surface area contributed by atoms with Crippen LogP contribution in [-0.4, -0.2) is 18.7 Å². The van der Waals surface area contributed by atoms with E-state index < -0.39 is 0 Å². The molecule has 0 spiro atoms. The van der Waals surface area contributed by atoms with E-state index in [2.05, 4.69) is 22.8 Å². The second-order valence-corrected chi connectivity index (χ2v) is 6.32. The first-order chi connectivity index (χ1) is 11.3. The predicted molar refractivity (Wildman–Crippen MR) is 93.3 cm³/mol. The van der Waals surface area contributed by atoms with E-state index in [0.29, 0.717) is 19.2 Å². The Bertz CT molecular complexity index is 451. The van der Waals surface area contributed by atoms with Crippen LogP contribution in [0, 0.1) is 0 Å². The number of carbonyl (C=O) groups is 1. The molecule has 0 atom stereocenters. The first kappa shape index (κ1) is 17.8. The molecule has 0 bridgehead atoms. The molecule has 4 nitrogen and oxygen atoms in total. The van der Waals surface area contributed by atoms with Crippen molar-refractivity contribution in [1.82, 2.24) is 10.6 Å². The third-order valence-electron chi connectivity index (χ3n) is 4.39. The van der Waals surface area contributed by atoms with Crippen LogP contribution in [-0.2, 0) is 17.9 Å². The van der Waals surface area contributed by atoms with Crippen molar-refractivity contribution in [3.63, 3.8) is 0 Å². The zero-order valence-electron chi connectivity index (χ0n) is 14.3. The third kappa shape index (κ3) is 7.04. The Kier molecular flexibility index (Phi) is 7.95. The van der Waals surface area contributed by atoms with E-state index in [0.717, 1.165) is 30.6 Å². The van der Waals surface area contributed by atoms with Crippen molar-refractivity contribution in [3.8, 4) is 0 Å². The number of hydrogen-bond donors (Lipinski definition) is 2. The molecular weight excluding hydrogens is 288 g/mol. The molecule has 128 valence electrons. The van der Waals surface area contributed by atoms with Crippen LogP contribution in [0.2, 0.25) is 0 Å². The van der Waals surface area contributed by atoms with Gasteiger partial charge in [-0.25, -0.2) is 4.79 Å². The number of benzene rings is 1. The van der Waals surface area contributed by atoms with Crippen LogP contribution in [0.25, 0.3) is 0 Å². The molecule has 0 saturated heterocycles. The van der Waals surface area contributed by atoms with E-state index in [1.807, 2.05) is 19.1 Å². The number of hydrogen-bond acceptors (Lipinski definition) is 2. The summed E-state index contributed by atoms with van der Waals surface area (Å²) >= 11 is 0. The summed E-state index contributed by atoms with van der Waals surface area (Å²) in [6.45, 7) is 3.93. The molecule has 0 unspecified atom stereocenters. The number of ether oxygens (including phenoxy) is 1. The Labute approximate surface area is 140 Å². The average Bonchev–Trinajstić information content (AvgIpc) is 2.54. The minimum atomic E-state index is -0.0473. The second kappa shape index (κ2) is 10.3. The lowest BCUT2D eigenvalue weighted by Gasteiger charge is -2.21. The molecule has 4 heteroatoms. The van der Waals surface area contributed by atoms with E-state index >= 15 is 0 Å². The summed E-state index contributed by atoms with van der Waals surface area (Å²) in [7, 11) is 0. The van der Waals surface area contributed by atoms with Crippen molar-refractivity contribution in [3.05, 3.63) is 35.4 Å². The van der Waals surface area contributed by atoms with Crippen LogP contribution >= 0.6 is 0 Å². The van der Waals surface area contributed by atoms with Crippen molar-refractivity contribution in [2.24, 2.45) is 0 Å². The summed E-state index contributed by atoms with van der Waals surface area (Å²) in [5, 5.41) is 6.09. The molecule has 0 aliphatic heterocycles. The molecule has 2 N–H and O–H groups in total. The highest BCUT2D eigenvalue weighted by Crippen LogP contribution is 2.17. The molecule has 1 aromatic carbocycles. The highest BCUT2D eigenvalue weighted by molar-refractivity contribution is 5.74. The zero-order chi connectivity index (χ0) is 16.3. The van der Waals surface area contributed by atoms with Gasteiger partial charge in [-0.1, -0.05) is 56.4 Å². The van der Waals surface area contributed by atoms with Gasteiger partial charge < -0.3 is 15.4 Å². The van der Waals surface area contributed by atoms with Gasteiger partial charge in [0.1, 0.15) is 0 Å². The number of nitrogens with one attached hydrogen (secondary N) is 2. The molecule has 1 aliphatic carbocycles. The molecule has 1 saturated carbocycles. The van der Waals surface area contributed by atoms with Gasteiger partial charge in [0.25, 0.3) is 0 Å². The molecular formula is C19H30N2O2. The molecule has 0 radical (unpaired) electrons. The Morgan fingerprint density at radius 3 is 2.30 bits per heavy atom. The molecule has 0 aromatic heterocycles. The van der Waals surface area contributed by atoms with E-state index in [-0.39, 0.29) is 6.03 Å². The lowest BCUT2D eigenvalue weighted by atomic mass is 9.97. The minimum Gasteiger partial charge on any atom is -0.377 e. The van der Waals surface area contributed by atoms with Crippen LogP contribution in [0.1, 0.15) is 63.0 Å².